The quantitative estimate of drug-likeness (QED) is 0.578. The molecule has 0 saturated carbocycles. The Balaban J connectivity index is 1.33. The number of carbonyl (C=O) groups is 1. The molecule has 1 aliphatic rings. The summed E-state index contributed by atoms with van der Waals surface area (Å²) in [4.78, 5) is 19.5. The van der Waals surface area contributed by atoms with Crippen molar-refractivity contribution in [3.05, 3.63) is 72.8 Å². The number of aromatic amines is 1. The molecule has 0 radical (unpaired) electrons. The fourth-order valence-corrected chi connectivity index (χ4v) is 4.38. The molecule has 4 aromatic rings. The number of aromatic nitrogens is 4. The Kier molecular flexibility index (Phi) is 4.39. The van der Waals surface area contributed by atoms with Crippen LogP contribution in [0.2, 0.25) is 0 Å². The largest absolute Gasteiger partial charge is 0.346 e. The second kappa shape index (κ2) is 7.20. The van der Waals surface area contributed by atoms with Gasteiger partial charge in [-0.05, 0) is 43.5 Å². The molecule has 1 saturated heterocycles. The van der Waals surface area contributed by atoms with Gasteiger partial charge in [-0.3, -0.25) is 14.9 Å². The maximum absolute atomic E-state index is 12.9. The smallest absolute Gasteiger partial charge is 0.254 e. The fraction of sp³-hybridized carbons (Fsp3) is 0.261. The van der Waals surface area contributed by atoms with Crippen LogP contribution in [-0.4, -0.2) is 43.1 Å². The van der Waals surface area contributed by atoms with Crippen molar-refractivity contribution in [2.24, 2.45) is 5.92 Å². The molecule has 3 aromatic heterocycles. The molecule has 1 aromatic carbocycles. The van der Waals surface area contributed by atoms with Gasteiger partial charge in [0.2, 0.25) is 0 Å². The van der Waals surface area contributed by atoms with Crippen LogP contribution in [0.4, 0.5) is 0 Å². The van der Waals surface area contributed by atoms with E-state index in [1.807, 2.05) is 47.6 Å². The molecule has 146 valence electrons. The molecule has 6 nitrogen and oxygen atoms in total. The van der Waals surface area contributed by atoms with E-state index in [4.69, 9.17) is 0 Å². The Morgan fingerprint density at radius 1 is 1.21 bits per heavy atom. The fourth-order valence-electron chi connectivity index (χ4n) is 4.38. The molecule has 0 spiro atoms. The van der Waals surface area contributed by atoms with Gasteiger partial charge in [-0.1, -0.05) is 18.2 Å². The number of likely N-dealkylation sites (tertiary alicyclic amines) is 1. The maximum atomic E-state index is 12.9. The molecular weight excluding hydrogens is 362 g/mol. The number of benzene rings is 1. The van der Waals surface area contributed by atoms with E-state index in [2.05, 4.69) is 45.0 Å². The molecule has 0 aliphatic carbocycles. The predicted molar refractivity (Wildman–Crippen MR) is 112 cm³/mol. The minimum atomic E-state index is 0.129. The van der Waals surface area contributed by atoms with Gasteiger partial charge in [0.1, 0.15) is 0 Å². The summed E-state index contributed by atoms with van der Waals surface area (Å²) in [6.45, 7) is 3.82. The predicted octanol–water partition coefficient (Wildman–Crippen LogP) is 3.98. The maximum Gasteiger partial charge on any atom is 0.254 e. The van der Waals surface area contributed by atoms with E-state index in [0.29, 0.717) is 5.92 Å². The zero-order valence-electron chi connectivity index (χ0n) is 16.3. The molecule has 0 bridgehead atoms. The summed E-state index contributed by atoms with van der Waals surface area (Å²) in [5.74, 6) is 0.561. The molecule has 1 fully saturated rings. The van der Waals surface area contributed by atoms with Crippen LogP contribution in [0.25, 0.3) is 22.2 Å². The lowest BCUT2D eigenvalue weighted by molar-refractivity contribution is 0.0742. The van der Waals surface area contributed by atoms with E-state index in [-0.39, 0.29) is 11.9 Å². The Labute approximate surface area is 169 Å². The number of pyridine rings is 1. The normalized spacial score (nSPS) is 19.1. The number of hydrogen-bond donors (Lipinski definition) is 1. The van der Waals surface area contributed by atoms with E-state index in [1.165, 1.54) is 5.39 Å². The van der Waals surface area contributed by atoms with E-state index in [1.54, 1.807) is 6.20 Å². The number of amides is 1. The SMILES string of the molecule is C[C@@H]1C[C@H](Cn2ccc3cc(-c4cn[nH]c4)ncc32)CN1C(=O)c1ccccc1. The average Bonchev–Trinajstić information content (AvgIpc) is 3.49. The molecule has 0 unspecified atom stereocenters. The van der Waals surface area contributed by atoms with Crippen molar-refractivity contribution >= 4 is 16.8 Å². The van der Waals surface area contributed by atoms with Crippen LogP contribution >= 0.6 is 0 Å². The molecule has 1 amide bonds. The zero-order valence-corrected chi connectivity index (χ0v) is 16.3. The molecule has 1 aliphatic heterocycles. The summed E-state index contributed by atoms with van der Waals surface area (Å²) in [6.07, 6.45) is 8.70. The second-order valence-electron chi connectivity index (χ2n) is 7.86. The number of fused-ring (bicyclic) bond motifs is 1. The molecular formula is C23H23N5O. The highest BCUT2D eigenvalue weighted by atomic mass is 16.2. The third-order valence-corrected chi connectivity index (χ3v) is 5.85. The van der Waals surface area contributed by atoms with Crippen molar-refractivity contribution in [1.82, 2.24) is 24.6 Å². The summed E-state index contributed by atoms with van der Waals surface area (Å²) >= 11 is 0. The van der Waals surface area contributed by atoms with Crippen LogP contribution in [0.15, 0.2) is 67.3 Å². The number of hydrogen-bond acceptors (Lipinski definition) is 3. The highest BCUT2D eigenvalue weighted by Crippen LogP contribution is 2.28. The first-order chi connectivity index (χ1) is 14.2. The molecule has 2 atom stereocenters. The highest BCUT2D eigenvalue weighted by Gasteiger charge is 2.33. The number of rotatable bonds is 4. The van der Waals surface area contributed by atoms with Crippen molar-refractivity contribution in [2.45, 2.75) is 25.9 Å². The van der Waals surface area contributed by atoms with Crippen molar-refractivity contribution in [1.29, 1.82) is 0 Å². The Morgan fingerprint density at radius 3 is 2.86 bits per heavy atom. The van der Waals surface area contributed by atoms with Gasteiger partial charge < -0.3 is 9.47 Å². The Bertz CT molecular complexity index is 1130. The summed E-state index contributed by atoms with van der Waals surface area (Å²) in [5, 5.41) is 8.00. The van der Waals surface area contributed by atoms with Crippen molar-refractivity contribution < 1.29 is 4.79 Å². The van der Waals surface area contributed by atoms with Crippen LogP contribution in [0.1, 0.15) is 23.7 Å². The van der Waals surface area contributed by atoms with Gasteiger partial charge in [-0.2, -0.15) is 5.10 Å². The Morgan fingerprint density at radius 2 is 2.07 bits per heavy atom. The van der Waals surface area contributed by atoms with Gasteiger partial charge in [0, 0.05) is 48.0 Å². The van der Waals surface area contributed by atoms with Gasteiger partial charge in [0.05, 0.1) is 23.6 Å². The summed E-state index contributed by atoms with van der Waals surface area (Å²) in [6, 6.07) is 14.0. The van der Waals surface area contributed by atoms with Crippen LogP contribution in [-0.2, 0) is 6.54 Å². The first-order valence-electron chi connectivity index (χ1n) is 9.99. The van der Waals surface area contributed by atoms with E-state index < -0.39 is 0 Å². The Hall–Kier alpha value is -3.41. The van der Waals surface area contributed by atoms with E-state index in [0.717, 1.165) is 41.8 Å². The van der Waals surface area contributed by atoms with Crippen molar-refractivity contribution in [3.8, 4) is 11.3 Å². The molecule has 29 heavy (non-hydrogen) atoms. The van der Waals surface area contributed by atoms with E-state index >= 15 is 0 Å². The highest BCUT2D eigenvalue weighted by molar-refractivity contribution is 5.94. The summed E-state index contributed by atoms with van der Waals surface area (Å²) < 4.78 is 2.26. The third kappa shape index (κ3) is 3.31. The first-order valence-corrected chi connectivity index (χ1v) is 9.99. The van der Waals surface area contributed by atoms with Crippen molar-refractivity contribution in [3.63, 3.8) is 0 Å². The van der Waals surface area contributed by atoms with E-state index in [9.17, 15) is 4.79 Å². The van der Waals surface area contributed by atoms with Gasteiger partial charge in [-0.15, -0.1) is 0 Å². The second-order valence-corrected chi connectivity index (χ2v) is 7.86. The van der Waals surface area contributed by atoms with Gasteiger partial charge in [-0.25, -0.2) is 0 Å². The average molecular weight is 385 g/mol. The standard InChI is InChI=1S/C23H23N5O/c1-16-9-17(15-28(16)23(29)18-5-3-2-4-6-18)14-27-8-7-19-10-21(24-13-22(19)27)20-11-25-26-12-20/h2-8,10-13,16-17H,9,14-15H2,1H3,(H,25,26)/t16-,17-/m1/s1. The third-order valence-electron chi connectivity index (χ3n) is 5.85. The summed E-state index contributed by atoms with van der Waals surface area (Å²) in [5.41, 5.74) is 3.79. The summed E-state index contributed by atoms with van der Waals surface area (Å²) in [7, 11) is 0. The molecule has 4 heterocycles. The molecule has 1 N–H and O–H groups in total. The number of nitrogens with zero attached hydrogens (tertiary/aromatic N) is 4. The minimum Gasteiger partial charge on any atom is -0.346 e. The van der Waals surface area contributed by atoms with Crippen LogP contribution < -0.4 is 0 Å². The lowest BCUT2D eigenvalue weighted by atomic mass is 10.1. The molecule has 5 rings (SSSR count). The van der Waals surface area contributed by atoms with Gasteiger partial charge in [0.15, 0.2) is 0 Å². The van der Waals surface area contributed by atoms with Crippen LogP contribution in [0.5, 0.6) is 0 Å². The molecule has 6 heteroatoms. The number of H-pyrrole nitrogens is 1. The van der Waals surface area contributed by atoms with Gasteiger partial charge >= 0.3 is 0 Å². The monoisotopic (exact) mass is 385 g/mol. The lowest BCUT2D eigenvalue weighted by Gasteiger charge is -2.21. The topological polar surface area (TPSA) is 66.8 Å². The van der Waals surface area contributed by atoms with Gasteiger partial charge in [0.25, 0.3) is 5.91 Å². The van der Waals surface area contributed by atoms with Crippen LogP contribution in [0, 0.1) is 5.92 Å². The van der Waals surface area contributed by atoms with Crippen LogP contribution in [0.3, 0.4) is 0 Å². The number of carbonyl (C=O) groups excluding carboxylic acids is 1. The first kappa shape index (κ1) is 17.7. The lowest BCUT2D eigenvalue weighted by Crippen LogP contribution is -2.34. The minimum absolute atomic E-state index is 0.129. The zero-order chi connectivity index (χ0) is 19.8. The number of nitrogens with one attached hydrogen (secondary N) is 1. The van der Waals surface area contributed by atoms with Crippen molar-refractivity contribution in [2.75, 3.05) is 6.54 Å².